The van der Waals surface area contributed by atoms with E-state index in [0.29, 0.717) is 5.69 Å². The summed E-state index contributed by atoms with van der Waals surface area (Å²) in [5, 5.41) is 0. The van der Waals surface area contributed by atoms with Gasteiger partial charge in [0.25, 0.3) is 0 Å². The highest BCUT2D eigenvalue weighted by atomic mass is 32.2. The minimum absolute atomic E-state index is 0.0502. The first-order chi connectivity index (χ1) is 8.05. The number of sulfonamides is 1. The molecule has 0 bridgehead atoms. The van der Waals surface area contributed by atoms with Crippen LogP contribution in [0.2, 0.25) is 0 Å². The van der Waals surface area contributed by atoms with E-state index in [1.165, 1.54) is 6.07 Å². The third kappa shape index (κ3) is 3.49. The first-order valence-corrected chi connectivity index (χ1v) is 7.19. The number of hydrogen-bond donors (Lipinski definition) is 2. The van der Waals surface area contributed by atoms with E-state index in [1.54, 1.807) is 12.3 Å². The molecule has 0 aromatic carbocycles. The second-order valence-electron chi connectivity index (χ2n) is 3.79. The zero-order valence-electron chi connectivity index (χ0n) is 10.2. The van der Waals surface area contributed by atoms with Crippen molar-refractivity contribution in [2.75, 3.05) is 0 Å². The molecule has 0 atom stereocenters. The Morgan fingerprint density at radius 1 is 1.41 bits per heavy atom. The van der Waals surface area contributed by atoms with E-state index in [2.05, 4.69) is 9.71 Å². The van der Waals surface area contributed by atoms with Crippen molar-refractivity contribution < 1.29 is 8.42 Å². The second-order valence-corrected chi connectivity index (χ2v) is 5.47. The lowest BCUT2D eigenvalue weighted by atomic mass is 10.2. The van der Waals surface area contributed by atoms with E-state index in [-0.39, 0.29) is 17.5 Å². The number of hydrogen-bond acceptors (Lipinski definition) is 4. The Labute approximate surface area is 102 Å². The monoisotopic (exact) mass is 257 g/mol. The Hall–Kier alpha value is -0.980. The van der Waals surface area contributed by atoms with Gasteiger partial charge in [-0.1, -0.05) is 13.8 Å². The Balaban J connectivity index is 3.04. The molecular formula is C11H19N3O2S. The summed E-state index contributed by atoms with van der Waals surface area (Å²) < 4.78 is 26.9. The Morgan fingerprint density at radius 2 is 2.06 bits per heavy atom. The molecule has 96 valence electrons. The van der Waals surface area contributed by atoms with Crippen LogP contribution in [0.25, 0.3) is 0 Å². The van der Waals surface area contributed by atoms with Gasteiger partial charge in [0.2, 0.25) is 10.0 Å². The first kappa shape index (κ1) is 14.1. The normalized spacial score (nSPS) is 12.0. The van der Waals surface area contributed by atoms with Crippen molar-refractivity contribution in [3.63, 3.8) is 0 Å². The Morgan fingerprint density at radius 3 is 2.59 bits per heavy atom. The van der Waals surface area contributed by atoms with Crippen LogP contribution in [-0.2, 0) is 16.6 Å². The summed E-state index contributed by atoms with van der Waals surface area (Å²) in [5.41, 5.74) is 5.88. The lowest BCUT2D eigenvalue weighted by Crippen LogP contribution is -2.34. The van der Waals surface area contributed by atoms with Gasteiger partial charge in [0.05, 0.1) is 5.69 Å². The number of rotatable bonds is 6. The summed E-state index contributed by atoms with van der Waals surface area (Å²) in [6.45, 7) is 4.01. The van der Waals surface area contributed by atoms with E-state index < -0.39 is 10.0 Å². The van der Waals surface area contributed by atoms with Gasteiger partial charge in [0.15, 0.2) is 0 Å². The molecule has 0 radical (unpaired) electrons. The zero-order chi connectivity index (χ0) is 12.9. The third-order valence-electron chi connectivity index (χ3n) is 2.64. The van der Waals surface area contributed by atoms with E-state index in [9.17, 15) is 8.42 Å². The number of pyridine rings is 1. The number of nitrogens with zero attached hydrogens (tertiary/aromatic N) is 1. The number of nitrogens with two attached hydrogens (primary N) is 1. The fourth-order valence-electron chi connectivity index (χ4n) is 1.56. The van der Waals surface area contributed by atoms with Crippen molar-refractivity contribution in [2.24, 2.45) is 5.73 Å². The first-order valence-electron chi connectivity index (χ1n) is 5.71. The van der Waals surface area contributed by atoms with Crippen molar-refractivity contribution in [1.29, 1.82) is 0 Å². The van der Waals surface area contributed by atoms with Gasteiger partial charge >= 0.3 is 0 Å². The summed E-state index contributed by atoms with van der Waals surface area (Å²) >= 11 is 0. The summed E-state index contributed by atoms with van der Waals surface area (Å²) in [5.74, 6) is 0. The summed E-state index contributed by atoms with van der Waals surface area (Å²) in [7, 11) is -3.52. The molecule has 0 saturated heterocycles. The van der Waals surface area contributed by atoms with Crippen LogP contribution < -0.4 is 10.5 Å². The summed E-state index contributed by atoms with van der Waals surface area (Å²) in [6, 6.07) is 3.08. The molecule has 3 N–H and O–H groups in total. The smallest absolute Gasteiger partial charge is 0.242 e. The largest absolute Gasteiger partial charge is 0.325 e. The van der Waals surface area contributed by atoms with Gasteiger partial charge in [0.1, 0.15) is 4.90 Å². The van der Waals surface area contributed by atoms with E-state index >= 15 is 0 Å². The molecule has 1 heterocycles. The van der Waals surface area contributed by atoms with Gasteiger partial charge in [-0.3, -0.25) is 4.98 Å². The molecule has 0 fully saturated rings. The fourth-order valence-corrected chi connectivity index (χ4v) is 3.16. The molecule has 17 heavy (non-hydrogen) atoms. The average molecular weight is 257 g/mol. The predicted octanol–water partition coefficient (Wildman–Crippen LogP) is 1.01. The maximum absolute atomic E-state index is 12.1. The van der Waals surface area contributed by atoms with Gasteiger partial charge in [-0.25, -0.2) is 13.1 Å². The predicted molar refractivity (Wildman–Crippen MR) is 66.8 cm³/mol. The van der Waals surface area contributed by atoms with Crippen LogP contribution in [0.4, 0.5) is 0 Å². The molecule has 0 aliphatic carbocycles. The van der Waals surface area contributed by atoms with Crippen LogP contribution in [0.3, 0.4) is 0 Å². The number of aromatic nitrogens is 1. The lowest BCUT2D eigenvalue weighted by Gasteiger charge is -2.16. The molecule has 0 spiro atoms. The van der Waals surface area contributed by atoms with Crippen LogP contribution in [0.5, 0.6) is 0 Å². The SMILES string of the molecule is CCC(CC)NS(=O)(=O)c1cccnc1CN. The van der Waals surface area contributed by atoms with Crippen LogP contribution >= 0.6 is 0 Å². The van der Waals surface area contributed by atoms with Crippen LogP contribution in [0.1, 0.15) is 32.4 Å². The molecule has 0 aliphatic rings. The van der Waals surface area contributed by atoms with Gasteiger partial charge < -0.3 is 5.73 Å². The Bertz CT molecular complexity index is 456. The molecule has 0 unspecified atom stereocenters. The van der Waals surface area contributed by atoms with Gasteiger partial charge in [-0.05, 0) is 25.0 Å². The second kappa shape index (κ2) is 6.09. The third-order valence-corrected chi connectivity index (χ3v) is 4.23. The highest BCUT2D eigenvalue weighted by molar-refractivity contribution is 7.89. The average Bonchev–Trinajstić information content (AvgIpc) is 2.35. The van der Waals surface area contributed by atoms with Gasteiger partial charge in [-0.15, -0.1) is 0 Å². The molecule has 1 aromatic rings. The maximum Gasteiger partial charge on any atom is 0.242 e. The summed E-state index contributed by atoms with van der Waals surface area (Å²) in [4.78, 5) is 4.15. The highest BCUT2D eigenvalue weighted by Crippen LogP contribution is 2.13. The van der Waals surface area contributed by atoms with Crippen molar-refractivity contribution in [2.45, 2.75) is 44.2 Å². The molecule has 6 heteroatoms. The lowest BCUT2D eigenvalue weighted by molar-refractivity contribution is 0.529. The zero-order valence-corrected chi connectivity index (χ0v) is 11.0. The number of nitrogens with one attached hydrogen (secondary N) is 1. The molecular weight excluding hydrogens is 238 g/mol. The fraction of sp³-hybridized carbons (Fsp3) is 0.545. The van der Waals surface area contributed by atoms with Crippen molar-refractivity contribution >= 4 is 10.0 Å². The molecule has 1 rings (SSSR count). The topological polar surface area (TPSA) is 85.1 Å². The molecule has 0 amide bonds. The standard InChI is InChI=1S/C11H19N3O2S/c1-3-9(4-2)14-17(15,16)11-6-5-7-13-10(11)8-12/h5-7,9,14H,3-4,8,12H2,1-2H3. The molecule has 1 aromatic heterocycles. The quantitative estimate of drug-likeness (QED) is 0.796. The highest BCUT2D eigenvalue weighted by Gasteiger charge is 2.21. The minimum atomic E-state index is -3.52. The summed E-state index contributed by atoms with van der Waals surface area (Å²) in [6.07, 6.45) is 3.06. The van der Waals surface area contributed by atoms with Gasteiger partial charge in [0, 0.05) is 18.8 Å². The van der Waals surface area contributed by atoms with Crippen LogP contribution in [0, 0.1) is 0 Å². The van der Waals surface area contributed by atoms with Gasteiger partial charge in [-0.2, -0.15) is 0 Å². The van der Waals surface area contributed by atoms with E-state index in [0.717, 1.165) is 12.8 Å². The van der Waals surface area contributed by atoms with E-state index in [4.69, 9.17) is 5.73 Å². The molecule has 0 saturated carbocycles. The Kier molecular flexibility index (Phi) is 5.04. The van der Waals surface area contributed by atoms with Crippen molar-refractivity contribution in [3.8, 4) is 0 Å². The van der Waals surface area contributed by atoms with Crippen LogP contribution in [-0.4, -0.2) is 19.4 Å². The van der Waals surface area contributed by atoms with E-state index in [1.807, 2.05) is 13.8 Å². The van der Waals surface area contributed by atoms with Crippen molar-refractivity contribution in [3.05, 3.63) is 24.0 Å². The molecule has 0 aliphatic heterocycles. The molecule has 5 nitrogen and oxygen atoms in total. The van der Waals surface area contributed by atoms with Crippen LogP contribution in [0.15, 0.2) is 23.2 Å². The van der Waals surface area contributed by atoms with Crippen molar-refractivity contribution in [1.82, 2.24) is 9.71 Å². The maximum atomic E-state index is 12.1. The minimum Gasteiger partial charge on any atom is -0.325 e.